The number of nitrogens with two attached hydrogens (primary N) is 1. The van der Waals surface area contributed by atoms with Crippen molar-refractivity contribution in [3.05, 3.63) is 93.6 Å². The molecule has 3 aliphatic rings. The SMILES string of the molecule is C=Cc1c(C)c2cc3nc(cc4[nH]c(cc5nc(cc1[nH]2)C(C)=C5CCC(=O)NCCOCCOCCO)c(CCC(=O)NCCOCCOCCO)c4C)C1(C)C3=CC=C(C(=O)OC)C1C(=O)NCCN.CC. The molecular formula is C55H76N8O11. The standard InChI is InChI=1S/C53H70N8O11.C2H6/c1-7-35-32(2)41-29-46-39-11-8-38(52(67)68-6)50(51(66)57-15-14-54)53(39,5)47(61-46)31-42-34(4)37(10-13-49(65)56-17-21-70-25-27-72-23-19-63)45(60-42)30-44-36(33(3)40(59-44)28-43(35)58-41)9-12-48(64)55-16-20-69-24-26-71-22-18-62;1-2/h7-8,11,28-31,50,58,60,62-63H,1,9-10,12-27,54H2,2-6H3,(H,55,64)(H,56,65)(H,57,66);1-2H3. The summed E-state index contributed by atoms with van der Waals surface area (Å²) in [5.74, 6) is -2.44. The van der Waals surface area contributed by atoms with Crippen molar-refractivity contribution in [1.82, 2.24) is 35.9 Å². The smallest absolute Gasteiger partial charge is 0.334 e. The van der Waals surface area contributed by atoms with E-state index in [2.05, 4.69) is 32.5 Å². The van der Waals surface area contributed by atoms with Crippen LogP contribution >= 0.6 is 0 Å². The minimum Gasteiger partial charge on any atom is -0.466 e. The van der Waals surface area contributed by atoms with Crippen molar-refractivity contribution < 1.29 is 53.1 Å². The van der Waals surface area contributed by atoms with Crippen molar-refractivity contribution in [2.24, 2.45) is 11.7 Å². The van der Waals surface area contributed by atoms with Crippen LogP contribution in [0.25, 0.3) is 44.9 Å². The van der Waals surface area contributed by atoms with E-state index in [1.807, 2.05) is 71.9 Å². The van der Waals surface area contributed by atoms with Crippen LogP contribution in [0.1, 0.15) is 92.0 Å². The molecule has 0 saturated heterocycles. The summed E-state index contributed by atoms with van der Waals surface area (Å²) in [6.45, 7) is 19.3. The van der Waals surface area contributed by atoms with Gasteiger partial charge in [0.2, 0.25) is 17.7 Å². The first kappa shape index (κ1) is 58.6. The number of aliphatic hydroxyl groups excluding tert-OH is 2. The number of esters is 1. The van der Waals surface area contributed by atoms with Crippen LogP contribution in [0.3, 0.4) is 0 Å². The van der Waals surface area contributed by atoms with Gasteiger partial charge in [0.05, 0.1) is 113 Å². The minimum absolute atomic E-state index is 0.0612. The fraction of sp³-hybridized carbons (Fsp3) is 0.491. The molecule has 19 nitrogen and oxygen atoms in total. The Hall–Kier alpha value is -6.32. The number of carbonyl (C=O) groups excluding carboxylic acids is 4. The highest BCUT2D eigenvalue weighted by atomic mass is 16.5. The highest BCUT2D eigenvalue weighted by Gasteiger charge is 2.53. The van der Waals surface area contributed by atoms with Crippen LogP contribution in [0, 0.1) is 19.8 Å². The number of aliphatic hydroxyl groups is 2. The molecule has 0 radical (unpaired) electrons. The van der Waals surface area contributed by atoms with Crippen LogP contribution in [0.5, 0.6) is 0 Å². The predicted octanol–water partition coefficient (Wildman–Crippen LogP) is 4.67. The van der Waals surface area contributed by atoms with Gasteiger partial charge in [0.25, 0.3) is 0 Å². The van der Waals surface area contributed by atoms with Crippen LogP contribution in [0.15, 0.2) is 48.6 Å². The molecule has 3 amide bonds. The monoisotopic (exact) mass is 1020 g/mol. The zero-order valence-electron chi connectivity index (χ0n) is 44.1. The van der Waals surface area contributed by atoms with E-state index in [1.165, 1.54) is 7.11 Å². The zero-order valence-corrected chi connectivity index (χ0v) is 44.1. The molecule has 6 rings (SSSR count). The maximum absolute atomic E-state index is 14.4. The van der Waals surface area contributed by atoms with Crippen molar-refractivity contribution >= 4 is 68.6 Å². The zero-order chi connectivity index (χ0) is 53.8. The first-order valence-corrected chi connectivity index (χ1v) is 25.4. The Balaban J connectivity index is 0.00000501. The Morgan fingerprint density at radius 3 is 1.88 bits per heavy atom. The van der Waals surface area contributed by atoms with Gasteiger partial charge in [0.1, 0.15) is 0 Å². The van der Waals surface area contributed by atoms with Crippen molar-refractivity contribution in [3.8, 4) is 0 Å². The number of allylic oxidation sites excluding steroid dienone is 5. The third-order valence-corrected chi connectivity index (χ3v) is 13.1. The molecule has 1 aliphatic carbocycles. The van der Waals surface area contributed by atoms with E-state index < -0.39 is 23.2 Å². The molecule has 19 heteroatoms. The van der Waals surface area contributed by atoms with E-state index >= 15 is 0 Å². The molecule has 3 aromatic heterocycles. The minimum atomic E-state index is -1.19. The number of H-pyrrole nitrogens is 2. The highest BCUT2D eigenvalue weighted by Crippen LogP contribution is 2.52. The molecule has 0 aromatic carbocycles. The molecule has 0 fully saturated rings. The fourth-order valence-corrected chi connectivity index (χ4v) is 9.29. The maximum Gasteiger partial charge on any atom is 0.334 e. The summed E-state index contributed by atoms with van der Waals surface area (Å²) < 4.78 is 26.8. The quantitative estimate of drug-likeness (QED) is 0.0381. The normalized spacial score (nSPS) is 15.8. The van der Waals surface area contributed by atoms with Crippen LogP contribution in [-0.2, 0) is 54.7 Å². The summed E-state index contributed by atoms with van der Waals surface area (Å²) in [5.41, 5.74) is 16.0. The van der Waals surface area contributed by atoms with Crippen molar-refractivity contribution in [1.29, 1.82) is 0 Å². The number of aryl methyl sites for hydroxylation is 3. The molecule has 0 spiro atoms. The van der Waals surface area contributed by atoms with Crippen LogP contribution in [0.4, 0.5) is 0 Å². The molecule has 9 N–H and O–H groups in total. The van der Waals surface area contributed by atoms with E-state index in [4.69, 9.17) is 49.6 Å². The number of methoxy groups -OCH3 is 1. The topological polar surface area (TPSA) is 274 Å². The lowest BCUT2D eigenvalue weighted by atomic mass is 9.64. The number of aromatic amines is 2. The maximum atomic E-state index is 14.4. The van der Waals surface area contributed by atoms with E-state index in [9.17, 15) is 19.2 Å². The van der Waals surface area contributed by atoms with Gasteiger partial charge in [-0.15, -0.1) is 0 Å². The lowest BCUT2D eigenvalue weighted by Crippen LogP contribution is -2.47. The number of carbonyl (C=O) groups is 4. The van der Waals surface area contributed by atoms with E-state index in [0.29, 0.717) is 92.8 Å². The Kier molecular flexibility index (Phi) is 22.9. The largest absolute Gasteiger partial charge is 0.466 e. The highest BCUT2D eigenvalue weighted by molar-refractivity contribution is 6.03. The predicted molar refractivity (Wildman–Crippen MR) is 286 cm³/mol. The Bertz CT molecular complexity index is 2740. The van der Waals surface area contributed by atoms with Gasteiger partial charge in [0.15, 0.2) is 0 Å². The Labute approximate surface area is 433 Å². The molecule has 3 aromatic rings. The first-order chi connectivity index (χ1) is 35.8. The summed E-state index contributed by atoms with van der Waals surface area (Å²) in [4.78, 5) is 72.2. The number of hydrogen-bond donors (Lipinski definition) is 8. The second kappa shape index (κ2) is 28.9. The van der Waals surface area contributed by atoms with Crippen LogP contribution in [-0.4, -0.2) is 153 Å². The number of fused-ring (bicyclic) bond motifs is 11. The number of rotatable bonds is 27. The van der Waals surface area contributed by atoms with Gasteiger partial charge in [-0.3, -0.25) is 19.4 Å². The first-order valence-electron chi connectivity index (χ1n) is 25.4. The molecule has 74 heavy (non-hydrogen) atoms. The molecule has 5 heterocycles. The third-order valence-electron chi connectivity index (χ3n) is 13.1. The molecule has 2 atom stereocenters. The molecule has 2 unspecified atom stereocenters. The van der Waals surface area contributed by atoms with Crippen LogP contribution in [0.2, 0.25) is 0 Å². The second-order valence-electron chi connectivity index (χ2n) is 17.7. The third kappa shape index (κ3) is 14.3. The second-order valence-corrected chi connectivity index (χ2v) is 17.7. The summed E-state index contributed by atoms with van der Waals surface area (Å²) in [6.07, 6.45) is 6.27. The van der Waals surface area contributed by atoms with Gasteiger partial charge in [-0.25, -0.2) is 9.78 Å². The van der Waals surface area contributed by atoms with Gasteiger partial charge in [0, 0.05) is 66.7 Å². The Morgan fingerprint density at radius 1 is 0.716 bits per heavy atom. The van der Waals surface area contributed by atoms with Crippen molar-refractivity contribution in [3.63, 3.8) is 0 Å². The lowest BCUT2D eigenvalue weighted by molar-refractivity contribution is -0.139. The van der Waals surface area contributed by atoms with Crippen molar-refractivity contribution in [2.75, 3.05) is 99.4 Å². The summed E-state index contributed by atoms with van der Waals surface area (Å²) in [6, 6.07) is 7.78. The van der Waals surface area contributed by atoms with Gasteiger partial charge in [-0.05, 0) is 98.2 Å². The molecule has 402 valence electrons. The summed E-state index contributed by atoms with van der Waals surface area (Å²) >= 11 is 0. The van der Waals surface area contributed by atoms with E-state index in [1.54, 1.807) is 12.2 Å². The van der Waals surface area contributed by atoms with Gasteiger partial charge in [-0.1, -0.05) is 38.7 Å². The Morgan fingerprint density at radius 2 is 1.28 bits per heavy atom. The number of hydrogen-bond acceptors (Lipinski definition) is 14. The fourth-order valence-electron chi connectivity index (χ4n) is 9.29. The summed E-state index contributed by atoms with van der Waals surface area (Å²) in [5, 5.41) is 26.6. The van der Waals surface area contributed by atoms with Crippen molar-refractivity contribution in [2.45, 2.75) is 72.6 Å². The number of nitrogens with one attached hydrogen (secondary N) is 5. The number of ether oxygens (including phenoxy) is 5. The molecule has 0 saturated carbocycles. The lowest BCUT2D eigenvalue weighted by Gasteiger charge is -2.37. The number of amides is 3. The summed E-state index contributed by atoms with van der Waals surface area (Å²) in [7, 11) is 1.28. The molecule has 2 aliphatic heterocycles. The van der Waals surface area contributed by atoms with Gasteiger partial charge in [-0.2, -0.15) is 0 Å². The van der Waals surface area contributed by atoms with Gasteiger partial charge >= 0.3 is 5.97 Å². The number of aromatic nitrogens is 4. The molecule has 8 bridgehead atoms. The van der Waals surface area contributed by atoms with E-state index in [-0.39, 0.29) is 76.4 Å². The average Bonchev–Trinajstić information content (AvgIpc) is 4.06. The van der Waals surface area contributed by atoms with Gasteiger partial charge < -0.3 is 65.5 Å². The number of nitrogens with zero attached hydrogens (tertiary/aromatic N) is 2. The average molecular weight is 1030 g/mol. The van der Waals surface area contributed by atoms with Crippen LogP contribution < -0.4 is 21.7 Å². The molecular weight excluding hydrogens is 949 g/mol. The van der Waals surface area contributed by atoms with E-state index in [0.717, 1.165) is 50.0 Å².